The third-order valence-corrected chi connectivity index (χ3v) is 9.64. The molecular formula is C17H23N6O11P3S. The maximum Gasteiger partial charge on any atom is 0.488 e. The monoisotopic (exact) mass is 612 g/mol. The average molecular weight is 612 g/mol. The zero-order chi connectivity index (χ0) is 27.7. The van der Waals surface area contributed by atoms with Crippen molar-refractivity contribution in [3.8, 4) is 0 Å². The fraction of sp³-hybridized carbons (Fsp3) is 0.353. The lowest BCUT2D eigenvalue weighted by Crippen LogP contribution is -2.43. The molecule has 0 spiro atoms. The van der Waals surface area contributed by atoms with Gasteiger partial charge in [-0.2, -0.15) is 4.31 Å². The Kier molecular flexibility index (Phi) is 8.79. The average Bonchev–Trinajstić information content (AvgIpc) is 3.36. The fourth-order valence-corrected chi connectivity index (χ4v) is 7.49. The number of fused-ring (bicyclic) bond motifs is 1. The van der Waals surface area contributed by atoms with Crippen LogP contribution in [0.2, 0.25) is 0 Å². The predicted molar refractivity (Wildman–Crippen MR) is 133 cm³/mol. The minimum atomic E-state index is -5.50. The van der Waals surface area contributed by atoms with Gasteiger partial charge in [-0.1, -0.05) is 30.3 Å². The molecule has 1 aliphatic heterocycles. The number of rotatable bonds is 11. The van der Waals surface area contributed by atoms with Crippen molar-refractivity contribution >= 4 is 51.2 Å². The van der Waals surface area contributed by atoms with Gasteiger partial charge in [0.25, 0.3) is 0 Å². The minimum absolute atomic E-state index is 0.117. The van der Waals surface area contributed by atoms with Gasteiger partial charge in [-0.3, -0.25) is 9.09 Å². The Morgan fingerprint density at radius 1 is 1.08 bits per heavy atom. The Labute approximate surface area is 219 Å². The molecule has 3 heterocycles. The number of ether oxygens (including phenoxy) is 1. The third kappa shape index (κ3) is 7.27. The van der Waals surface area contributed by atoms with Crippen LogP contribution in [0.15, 0.2) is 43.0 Å². The van der Waals surface area contributed by atoms with Crippen molar-refractivity contribution in [1.82, 2.24) is 24.8 Å². The van der Waals surface area contributed by atoms with Crippen LogP contribution in [-0.2, 0) is 45.4 Å². The van der Waals surface area contributed by atoms with Crippen LogP contribution in [0, 0.1) is 0 Å². The van der Waals surface area contributed by atoms with Crippen molar-refractivity contribution in [2.75, 3.05) is 12.3 Å². The van der Waals surface area contributed by atoms with E-state index in [0.29, 0.717) is 12.2 Å². The number of benzene rings is 1. The molecule has 1 fully saturated rings. The van der Waals surface area contributed by atoms with Crippen LogP contribution in [0.1, 0.15) is 11.8 Å². The first-order valence-electron chi connectivity index (χ1n) is 10.6. The summed E-state index contributed by atoms with van der Waals surface area (Å²) in [4.78, 5) is 49.6. The first-order chi connectivity index (χ1) is 17.7. The molecule has 0 aliphatic carbocycles. The number of anilines is 1. The molecule has 0 radical (unpaired) electrons. The zero-order valence-electron chi connectivity index (χ0n) is 19.1. The van der Waals surface area contributed by atoms with Crippen LogP contribution < -0.4 is 11.1 Å². The Hall–Kier alpha value is -1.72. The molecule has 0 saturated carbocycles. The van der Waals surface area contributed by atoms with Gasteiger partial charge in [-0.15, -0.1) is 0 Å². The molecule has 0 bridgehead atoms. The summed E-state index contributed by atoms with van der Waals surface area (Å²) in [7, 11) is -10.8. The maximum atomic E-state index is 12.2. The van der Waals surface area contributed by atoms with E-state index < -0.39 is 53.4 Å². The Bertz CT molecular complexity index is 1430. The van der Waals surface area contributed by atoms with Crippen molar-refractivity contribution in [2.45, 2.75) is 31.0 Å². The summed E-state index contributed by atoms with van der Waals surface area (Å²) >= 11 is 4.05. The number of aromatic nitrogens is 4. The van der Waals surface area contributed by atoms with Gasteiger partial charge < -0.3 is 40.5 Å². The van der Waals surface area contributed by atoms with Gasteiger partial charge >= 0.3 is 22.4 Å². The maximum absolute atomic E-state index is 12.2. The summed E-state index contributed by atoms with van der Waals surface area (Å²) in [5, 5.41) is 14.2. The Balaban J connectivity index is 1.53. The van der Waals surface area contributed by atoms with Crippen molar-refractivity contribution < 1.29 is 51.7 Å². The van der Waals surface area contributed by atoms with Crippen LogP contribution in [0.25, 0.3) is 11.2 Å². The molecule has 0 amide bonds. The number of nitrogens with zero attached hydrogens (tertiary/aromatic N) is 4. The standard InChI is InChI=1S/C17H23N6O11P3S/c18-15-13-16(21-8-20-15)23(9-22-13)17-12(19-6-10-4-2-1-3-5-10)14(24)11(32-17)7-31-35(25,26)33-36(27,28)34-37(29,30)38/h1-5,8-9,11-12,14,17,19,24H,6-7H2,(H,25,26)(H,27,28)(H2,18,20,21)(H2,29,30,38)/t11-,12-,14-,17-/m1/s1. The molecule has 1 aromatic carbocycles. The predicted octanol–water partition coefficient (Wildman–Crippen LogP) is 0.285. The number of imidazole rings is 1. The van der Waals surface area contributed by atoms with E-state index in [0.717, 1.165) is 5.56 Å². The topological polar surface area (TPSA) is 254 Å². The van der Waals surface area contributed by atoms with Gasteiger partial charge in [-0.25, -0.2) is 28.4 Å². The van der Waals surface area contributed by atoms with Gasteiger partial charge in [0, 0.05) is 6.54 Å². The Morgan fingerprint density at radius 2 is 1.79 bits per heavy atom. The molecule has 8 N–H and O–H groups in total. The van der Waals surface area contributed by atoms with Crippen molar-refractivity contribution in [3.05, 3.63) is 48.5 Å². The molecule has 6 atom stereocenters. The smallest absolute Gasteiger partial charge is 0.389 e. The summed E-state index contributed by atoms with van der Waals surface area (Å²) < 4.78 is 44.0. The van der Waals surface area contributed by atoms with Gasteiger partial charge in [0.05, 0.1) is 19.0 Å². The highest BCUT2D eigenvalue weighted by Gasteiger charge is 2.47. The molecular weight excluding hydrogens is 589 g/mol. The first-order valence-corrected chi connectivity index (χ1v) is 16.2. The number of nitrogens with two attached hydrogens (primary N) is 1. The first kappa shape index (κ1) is 29.3. The van der Waals surface area contributed by atoms with E-state index in [2.05, 4.69) is 40.7 Å². The minimum Gasteiger partial charge on any atom is -0.389 e. The highest BCUT2D eigenvalue weighted by atomic mass is 32.5. The van der Waals surface area contributed by atoms with E-state index in [-0.39, 0.29) is 11.3 Å². The molecule has 2 aromatic heterocycles. The molecule has 2 unspecified atom stereocenters. The number of aliphatic hydroxyl groups excluding tert-OH is 1. The van der Waals surface area contributed by atoms with Crippen molar-refractivity contribution in [1.29, 1.82) is 0 Å². The third-order valence-electron chi connectivity index (χ3n) is 5.23. The zero-order valence-corrected chi connectivity index (χ0v) is 22.6. The summed E-state index contributed by atoms with van der Waals surface area (Å²) in [5.41, 5.74) is 7.33. The SMILES string of the molecule is Nc1ncnc2c1ncn2[C@@H]1O[C@H](COP(=O)(O)OP(=O)(O)OP(O)(O)=S)[C@@H](O)[C@H]1NCc1ccccc1. The molecule has 17 nitrogen and oxygen atoms in total. The van der Waals surface area contributed by atoms with E-state index in [1.54, 1.807) is 0 Å². The lowest BCUT2D eigenvalue weighted by atomic mass is 10.1. The second kappa shape index (κ2) is 11.4. The quantitative estimate of drug-likeness (QED) is 0.144. The van der Waals surface area contributed by atoms with E-state index in [1.807, 2.05) is 30.3 Å². The number of phosphoric acid groups is 2. The van der Waals surface area contributed by atoms with Crippen LogP contribution >= 0.6 is 22.4 Å². The van der Waals surface area contributed by atoms with E-state index in [9.17, 15) is 24.0 Å². The van der Waals surface area contributed by atoms with E-state index in [4.69, 9.17) is 24.8 Å². The van der Waals surface area contributed by atoms with Gasteiger partial charge in [-0.05, 0) is 17.4 Å². The second-order valence-corrected chi connectivity index (χ2v) is 13.8. The van der Waals surface area contributed by atoms with Crippen LogP contribution in [0.5, 0.6) is 0 Å². The summed E-state index contributed by atoms with van der Waals surface area (Å²) in [6.07, 6.45) is -0.988. The number of hydrogen-bond donors (Lipinski definition) is 7. The van der Waals surface area contributed by atoms with Gasteiger partial charge in [0.1, 0.15) is 24.1 Å². The lowest BCUT2D eigenvalue weighted by molar-refractivity contribution is -0.0432. The number of nitrogen functional groups attached to an aromatic ring is 1. The Morgan fingerprint density at radius 3 is 2.47 bits per heavy atom. The molecule has 3 aromatic rings. The number of nitrogens with one attached hydrogen (secondary N) is 1. The highest BCUT2D eigenvalue weighted by Crippen LogP contribution is 2.66. The molecule has 1 saturated heterocycles. The van der Waals surface area contributed by atoms with E-state index in [1.165, 1.54) is 17.2 Å². The van der Waals surface area contributed by atoms with Crippen molar-refractivity contribution in [2.24, 2.45) is 0 Å². The van der Waals surface area contributed by atoms with Crippen LogP contribution in [0.4, 0.5) is 5.82 Å². The summed E-state index contributed by atoms with van der Waals surface area (Å²) in [6, 6.07) is 8.40. The normalized spacial score (nSPS) is 25.3. The molecule has 208 valence electrons. The summed E-state index contributed by atoms with van der Waals surface area (Å²) in [5.74, 6) is 0.117. The molecule has 1 aliphatic rings. The molecule has 21 heteroatoms. The number of hydrogen-bond acceptors (Lipinski definition) is 13. The van der Waals surface area contributed by atoms with Crippen LogP contribution in [0.3, 0.4) is 0 Å². The lowest BCUT2D eigenvalue weighted by Gasteiger charge is -2.23. The summed E-state index contributed by atoms with van der Waals surface area (Å²) in [6.45, 7) is -5.21. The number of aliphatic hydroxyl groups is 1. The van der Waals surface area contributed by atoms with Crippen LogP contribution in [-0.4, -0.2) is 69.1 Å². The number of phosphoric ester groups is 1. The van der Waals surface area contributed by atoms with Gasteiger partial charge in [0.15, 0.2) is 17.7 Å². The largest absolute Gasteiger partial charge is 0.488 e. The molecule has 4 rings (SSSR count). The van der Waals surface area contributed by atoms with Gasteiger partial charge in [0.2, 0.25) is 0 Å². The second-order valence-electron chi connectivity index (χ2n) is 7.92. The highest BCUT2D eigenvalue weighted by molar-refractivity contribution is 8.08. The molecule has 38 heavy (non-hydrogen) atoms. The van der Waals surface area contributed by atoms with Crippen molar-refractivity contribution in [3.63, 3.8) is 0 Å². The fourth-order valence-electron chi connectivity index (χ4n) is 3.70. The van der Waals surface area contributed by atoms with E-state index >= 15 is 0 Å².